The van der Waals surface area contributed by atoms with Gasteiger partial charge in [-0.1, -0.05) is 52.3 Å². The Hall–Kier alpha value is -2.13. The molecule has 102 valence electrons. The summed E-state index contributed by atoms with van der Waals surface area (Å²) in [4.78, 5) is 12.2. The van der Waals surface area contributed by atoms with E-state index in [2.05, 4.69) is 51.6 Å². The van der Waals surface area contributed by atoms with Gasteiger partial charge in [0.05, 0.1) is 6.42 Å². The first-order valence-electron chi connectivity index (χ1n) is 6.83. The second kappa shape index (κ2) is 4.71. The summed E-state index contributed by atoms with van der Waals surface area (Å²) in [7, 11) is 0. The van der Waals surface area contributed by atoms with E-state index in [0.29, 0.717) is 6.42 Å². The molecule has 0 fully saturated rings. The molecule has 0 aromatic heterocycles. The van der Waals surface area contributed by atoms with Crippen LogP contribution in [0.15, 0.2) is 59.1 Å². The molecule has 3 aromatic carbocycles. The molecule has 21 heavy (non-hydrogen) atoms. The van der Waals surface area contributed by atoms with Gasteiger partial charge in [0.1, 0.15) is 0 Å². The van der Waals surface area contributed by atoms with Crippen molar-refractivity contribution in [3.8, 4) is 11.1 Å². The van der Waals surface area contributed by atoms with E-state index in [0.717, 1.165) is 37.6 Å². The van der Waals surface area contributed by atoms with Gasteiger partial charge in [-0.3, -0.25) is 4.79 Å². The summed E-state index contributed by atoms with van der Waals surface area (Å²) in [5.74, 6) is 0.0358. The maximum atomic E-state index is 12.2. The lowest BCUT2D eigenvalue weighted by Gasteiger charge is -2.11. The van der Waals surface area contributed by atoms with Crippen molar-refractivity contribution >= 4 is 38.3 Å². The van der Waals surface area contributed by atoms with Gasteiger partial charge >= 0.3 is 0 Å². The van der Waals surface area contributed by atoms with Gasteiger partial charge in [-0.15, -0.1) is 0 Å². The van der Waals surface area contributed by atoms with Crippen LogP contribution in [0.2, 0.25) is 0 Å². The fourth-order valence-electron chi connectivity index (χ4n) is 2.98. The van der Waals surface area contributed by atoms with Crippen molar-refractivity contribution in [1.29, 1.82) is 0 Å². The van der Waals surface area contributed by atoms with Crippen molar-refractivity contribution in [3.05, 3.63) is 64.6 Å². The number of carbonyl (C=O) groups excluding carboxylic acids is 1. The van der Waals surface area contributed by atoms with Crippen LogP contribution in [0.25, 0.3) is 21.9 Å². The lowest BCUT2D eigenvalue weighted by atomic mass is 9.93. The lowest BCUT2D eigenvalue weighted by Crippen LogP contribution is -2.12. The predicted octanol–water partition coefficient (Wildman–Crippen LogP) is 4.76. The number of halogens is 1. The Morgan fingerprint density at radius 1 is 0.952 bits per heavy atom. The Labute approximate surface area is 130 Å². The van der Waals surface area contributed by atoms with Crippen LogP contribution >= 0.6 is 15.9 Å². The van der Waals surface area contributed by atoms with Crippen LogP contribution in [0, 0.1) is 0 Å². The Bertz CT molecular complexity index is 886. The highest BCUT2D eigenvalue weighted by Crippen LogP contribution is 2.37. The van der Waals surface area contributed by atoms with E-state index in [1.165, 1.54) is 0 Å². The van der Waals surface area contributed by atoms with Gasteiger partial charge in [0, 0.05) is 15.7 Å². The maximum absolute atomic E-state index is 12.2. The number of benzene rings is 3. The summed E-state index contributed by atoms with van der Waals surface area (Å²) in [5, 5.41) is 5.29. The number of carbonyl (C=O) groups is 1. The van der Waals surface area contributed by atoms with Crippen LogP contribution in [0.5, 0.6) is 0 Å². The SMILES string of the molecule is O=C1Cc2c(ccc3ccc(Br)cc23)-c2ccccc2N1. The van der Waals surface area contributed by atoms with E-state index in [1.807, 2.05) is 24.3 Å². The fourth-order valence-corrected chi connectivity index (χ4v) is 3.34. The molecular weight excluding hydrogens is 326 g/mol. The summed E-state index contributed by atoms with van der Waals surface area (Å²) in [6.45, 7) is 0. The van der Waals surface area contributed by atoms with Gasteiger partial charge in [0.15, 0.2) is 0 Å². The molecule has 0 bridgehead atoms. The van der Waals surface area contributed by atoms with Crippen molar-refractivity contribution in [2.24, 2.45) is 0 Å². The minimum absolute atomic E-state index is 0.0358. The predicted molar refractivity (Wildman–Crippen MR) is 89.4 cm³/mol. The highest BCUT2D eigenvalue weighted by Gasteiger charge is 2.20. The molecule has 1 amide bonds. The Morgan fingerprint density at radius 3 is 2.67 bits per heavy atom. The zero-order chi connectivity index (χ0) is 14.4. The summed E-state index contributed by atoms with van der Waals surface area (Å²) in [6, 6.07) is 18.4. The van der Waals surface area contributed by atoms with Crippen LogP contribution in [0.1, 0.15) is 5.56 Å². The minimum Gasteiger partial charge on any atom is -0.325 e. The van der Waals surface area contributed by atoms with Crippen LogP contribution in [0.3, 0.4) is 0 Å². The third-order valence-corrected chi connectivity index (χ3v) is 4.42. The molecule has 0 aliphatic carbocycles. The summed E-state index contributed by atoms with van der Waals surface area (Å²) < 4.78 is 1.03. The molecule has 1 N–H and O–H groups in total. The summed E-state index contributed by atoms with van der Waals surface area (Å²) in [5.41, 5.74) is 4.20. The molecule has 1 aliphatic heterocycles. The average Bonchev–Trinajstić information content (AvgIpc) is 2.63. The van der Waals surface area contributed by atoms with Gasteiger partial charge in [-0.2, -0.15) is 0 Å². The molecule has 0 radical (unpaired) electrons. The molecule has 3 heteroatoms. The number of hydrogen-bond donors (Lipinski definition) is 1. The first-order chi connectivity index (χ1) is 10.2. The first kappa shape index (κ1) is 12.6. The third-order valence-electron chi connectivity index (χ3n) is 3.92. The zero-order valence-corrected chi connectivity index (χ0v) is 12.8. The number of rotatable bonds is 0. The highest BCUT2D eigenvalue weighted by atomic mass is 79.9. The average molecular weight is 338 g/mol. The van der Waals surface area contributed by atoms with Gasteiger partial charge in [-0.05, 0) is 40.1 Å². The molecule has 0 atom stereocenters. The Morgan fingerprint density at radius 2 is 1.76 bits per heavy atom. The molecule has 0 saturated carbocycles. The topological polar surface area (TPSA) is 29.1 Å². The fraction of sp³-hybridized carbons (Fsp3) is 0.0556. The molecule has 3 aromatic rings. The summed E-state index contributed by atoms with van der Waals surface area (Å²) in [6.07, 6.45) is 0.401. The molecule has 0 saturated heterocycles. The second-order valence-electron chi connectivity index (χ2n) is 5.23. The van der Waals surface area contributed by atoms with Crippen molar-refractivity contribution in [2.75, 3.05) is 5.32 Å². The normalized spacial score (nSPS) is 13.3. The van der Waals surface area contributed by atoms with Crippen LogP contribution in [-0.2, 0) is 11.2 Å². The number of fused-ring (bicyclic) bond motifs is 5. The molecule has 2 nitrogen and oxygen atoms in total. The van der Waals surface area contributed by atoms with Crippen molar-refractivity contribution in [1.82, 2.24) is 0 Å². The number of hydrogen-bond acceptors (Lipinski definition) is 1. The quantitative estimate of drug-likeness (QED) is 0.629. The van der Waals surface area contributed by atoms with Gasteiger partial charge in [0.25, 0.3) is 0 Å². The van der Waals surface area contributed by atoms with E-state index in [1.54, 1.807) is 0 Å². The second-order valence-corrected chi connectivity index (χ2v) is 6.14. The molecular formula is C18H12BrNO. The van der Waals surface area contributed by atoms with Gasteiger partial charge < -0.3 is 5.32 Å². The maximum Gasteiger partial charge on any atom is 0.228 e. The molecule has 0 spiro atoms. The Balaban J connectivity index is 2.11. The third kappa shape index (κ3) is 2.05. The number of anilines is 1. The van der Waals surface area contributed by atoms with Crippen molar-refractivity contribution in [3.63, 3.8) is 0 Å². The van der Waals surface area contributed by atoms with E-state index < -0.39 is 0 Å². The minimum atomic E-state index is 0.0358. The van der Waals surface area contributed by atoms with Crippen LogP contribution in [0.4, 0.5) is 5.69 Å². The van der Waals surface area contributed by atoms with E-state index in [-0.39, 0.29) is 5.91 Å². The smallest absolute Gasteiger partial charge is 0.228 e. The zero-order valence-electron chi connectivity index (χ0n) is 11.2. The number of amides is 1. The molecule has 1 aliphatic rings. The van der Waals surface area contributed by atoms with E-state index >= 15 is 0 Å². The van der Waals surface area contributed by atoms with Crippen LogP contribution in [-0.4, -0.2) is 5.91 Å². The molecule has 4 rings (SSSR count). The Kier molecular flexibility index (Phi) is 2.82. The van der Waals surface area contributed by atoms with Gasteiger partial charge in [0.2, 0.25) is 5.91 Å². The lowest BCUT2D eigenvalue weighted by molar-refractivity contribution is -0.115. The number of nitrogens with one attached hydrogen (secondary N) is 1. The van der Waals surface area contributed by atoms with E-state index in [4.69, 9.17) is 0 Å². The van der Waals surface area contributed by atoms with Gasteiger partial charge in [-0.25, -0.2) is 0 Å². The van der Waals surface area contributed by atoms with E-state index in [9.17, 15) is 4.79 Å². The molecule has 0 unspecified atom stereocenters. The monoisotopic (exact) mass is 337 g/mol. The molecule has 1 heterocycles. The van der Waals surface area contributed by atoms with Crippen LogP contribution < -0.4 is 5.32 Å². The van der Waals surface area contributed by atoms with Crippen molar-refractivity contribution < 1.29 is 4.79 Å². The standard InChI is InChI=1S/C18H12BrNO/c19-12-7-5-11-6-8-13-14-3-1-2-4-17(14)20-18(21)10-16(13)15(11)9-12/h1-9H,10H2,(H,20,21). The largest absolute Gasteiger partial charge is 0.325 e. The van der Waals surface area contributed by atoms with Crippen molar-refractivity contribution in [2.45, 2.75) is 6.42 Å². The number of para-hydroxylation sites is 1. The first-order valence-corrected chi connectivity index (χ1v) is 7.62. The summed E-state index contributed by atoms with van der Waals surface area (Å²) >= 11 is 3.53. The highest BCUT2D eigenvalue weighted by molar-refractivity contribution is 9.10.